The third-order valence-corrected chi connectivity index (χ3v) is 5.09. The summed E-state index contributed by atoms with van der Waals surface area (Å²) in [6.45, 7) is 5.82. The quantitative estimate of drug-likeness (QED) is 0.485. The number of nitrogens with one attached hydrogen (secondary N) is 2. The predicted molar refractivity (Wildman–Crippen MR) is 117 cm³/mol. The molecule has 13 heteroatoms. The zero-order chi connectivity index (χ0) is 23.4. The van der Waals surface area contributed by atoms with E-state index < -0.39 is 12.8 Å². The second kappa shape index (κ2) is 9.83. The van der Waals surface area contributed by atoms with E-state index in [9.17, 15) is 13.2 Å². The van der Waals surface area contributed by atoms with Gasteiger partial charge >= 0.3 is 6.18 Å². The van der Waals surface area contributed by atoms with Crippen LogP contribution in [0.2, 0.25) is 0 Å². The van der Waals surface area contributed by atoms with E-state index in [1.54, 1.807) is 16.9 Å². The molecule has 1 aliphatic rings. The van der Waals surface area contributed by atoms with Gasteiger partial charge in [-0.15, -0.1) is 0 Å². The van der Waals surface area contributed by atoms with Gasteiger partial charge in [0, 0.05) is 32.4 Å². The molecule has 0 aliphatic carbocycles. The van der Waals surface area contributed by atoms with Crippen LogP contribution in [0.25, 0.3) is 11.0 Å². The van der Waals surface area contributed by atoms with Gasteiger partial charge in [0.25, 0.3) is 0 Å². The average Bonchev–Trinajstić information content (AvgIpc) is 3.16. The largest absolute Gasteiger partial charge is 0.411 e. The van der Waals surface area contributed by atoms with Gasteiger partial charge in [0.15, 0.2) is 5.82 Å². The van der Waals surface area contributed by atoms with E-state index >= 15 is 0 Å². The SMILES string of the molecule is CC(C)c1nn(CCOCC(F)(F)F)c2c(Nc3ccncn3)nc(N3CCNCC3)nc12. The molecule has 178 valence electrons. The third-order valence-electron chi connectivity index (χ3n) is 5.09. The van der Waals surface area contributed by atoms with E-state index in [1.165, 1.54) is 6.33 Å². The molecule has 0 saturated carbocycles. The van der Waals surface area contributed by atoms with Crippen molar-refractivity contribution in [2.75, 3.05) is 49.6 Å². The minimum absolute atomic E-state index is 0.0440. The van der Waals surface area contributed by atoms with Crippen LogP contribution >= 0.6 is 0 Å². The summed E-state index contributed by atoms with van der Waals surface area (Å²) in [5.74, 6) is 1.61. The van der Waals surface area contributed by atoms with Gasteiger partial charge < -0.3 is 20.3 Å². The maximum atomic E-state index is 12.5. The van der Waals surface area contributed by atoms with Crippen molar-refractivity contribution in [3.8, 4) is 0 Å². The monoisotopic (exact) mass is 465 g/mol. The first kappa shape index (κ1) is 23.1. The van der Waals surface area contributed by atoms with E-state index in [4.69, 9.17) is 14.7 Å². The van der Waals surface area contributed by atoms with Crippen molar-refractivity contribution >= 4 is 28.6 Å². The Bertz CT molecular complexity index is 1070. The summed E-state index contributed by atoms with van der Waals surface area (Å²) in [4.78, 5) is 19.8. The fourth-order valence-corrected chi connectivity index (χ4v) is 3.56. The lowest BCUT2D eigenvalue weighted by atomic mass is 10.1. The van der Waals surface area contributed by atoms with Crippen molar-refractivity contribution in [3.63, 3.8) is 0 Å². The molecule has 0 atom stereocenters. The third kappa shape index (κ3) is 5.66. The molecular formula is C20H26F3N9O. The second-order valence-corrected chi connectivity index (χ2v) is 7.96. The molecule has 3 aromatic rings. The Labute approximate surface area is 188 Å². The van der Waals surface area contributed by atoms with E-state index in [-0.39, 0.29) is 19.1 Å². The molecule has 10 nitrogen and oxygen atoms in total. The molecule has 1 fully saturated rings. The molecule has 4 heterocycles. The molecular weight excluding hydrogens is 439 g/mol. The number of halogens is 3. The van der Waals surface area contributed by atoms with Gasteiger partial charge in [-0.25, -0.2) is 15.0 Å². The van der Waals surface area contributed by atoms with Crippen LogP contribution in [0.5, 0.6) is 0 Å². The standard InChI is InChI=1S/C20H26F3N9O/c1-13(2)15-16-17(32(30-15)9-10-33-11-20(21,22)23)18(27-14-3-4-25-12-26-14)29-19(28-16)31-7-5-24-6-8-31/h3-4,12-13,24H,5-11H2,1-2H3,(H,25,26,27,28,29). The molecule has 3 aromatic heterocycles. The second-order valence-electron chi connectivity index (χ2n) is 7.96. The number of fused-ring (bicyclic) bond motifs is 1. The van der Waals surface area contributed by atoms with E-state index in [0.717, 1.165) is 31.9 Å². The molecule has 0 spiro atoms. The van der Waals surface area contributed by atoms with Crippen LogP contribution in [-0.2, 0) is 11.3 Å². The number of aromatic nitrogens is 6. The Morgan fingerprint density at radius 2 is 2.00 bits per heavy atom. The summed E-state index contributed by atoms with van der Waals surface area (Å²) in [6.07, 6.45) is -1.36. The lowest BCUT2D eigenvalue weighted by molar-refractivity contribution is -0.174. The highest BCUT2D eigenvalue weighted by Gasteiger charge is 2.28. The summed E-state index contributed by atoms with van der Waals surface area (Å²) in [6, 6.07) is 1.70. The molecule has 0 amide bonds. The molecule has 0 aromatic carbocycles. The summed E-state index contributed by atoms with van der Waals surface area (Å²) < 4.78 is 43.8. The van der Waals surface area contributed by atoms with E-state index in [0.29, 0.717) is 28.6 Å². The fourth-order valence-electron chi connectivity index (χ4n) is 3.56. The number of nitrogens with zero attached hydrogens (tertiary/aromatic N) is 7. The number of hydrogen-bond acceptors (Lipinski definition) is 9. The zero-order valence-electron chi connectivity index (χ0n) is 18.4. The average molecular weight is 465 g/mol. The Balaban J connectivity index is 1.75. The molecule has 0 bridgehead atoms. The van der Waals surface area contributed by atoms with Crippen LogP contribution < -0.4 is 15.5 Å². The van der Waals surface area contributed by atoms with Gasteiger partial charge in [0.05, 0.1) is 18.8 Å². The predicted octanol–water partition coefficient (Wildman–Crippen LogP) is 2.47. The van der Waals surface area contributed by atoms with Gasteiger partial charge in [-0.1, -0.05) is 13.8 Å². The highest BCUT2D eigenvalue weighted by atomic mass is 19.4. The molecule has 2 N–H and O–H groups in total. The molecule has 0 unspecified atom stereocenters. The van der Waals surface area contributed by atoms with Crippen LogP contribution in [0.3, 0.4) is 0 Å². The lowest BCUT2D eigenvalue weighted by Gasteiger charge is -2.27. The summed E-state index contributed by atoms with van der Waals surface area (Å²) in [5, 5.41) is 11.2. The summed E-state index contributed by atoms with van der Waals surface area (Å²) in [5.41, 5.74) is 1.98. The van der Waals surface area contributed by atoms with Crippen LogP contribution in [-0.4, -0.2) is 75.3 Å². The van der Waals surface area contributed by atoms with Crippen molar-refractivity contribution < 1.29 is 17.9 Å². The number of rotatable bonds is 8. The fraction of sp³-hybridized carbons (Fsp3) is 0.550. The summed E-state index contributed by atoms with van der Waals surface area (Å²) >= 11 is 0. The Hall–Kier alpha value is -3.06. The maximum absolute atomic E-state index is 12.5. The van der Waals surface area contributed by atoms with Crippen LogP contribution in [0.1, 0.15) is 25.5 Å². The van der Waals surface area contributed by atoms with Crippen molar-refractivity contribution in [2.24, 2.45) is 0 Å². The van der Waals surface area contributed by atoms with Gasteiger partial charge in [-0.05, 0) is 12.0 Å². The first-order valence-corrected chi connectivity index (χ1v) is 10.7. The Morgan fingerprint density at radius 3 is 2.67 bits per heavy atom. The highest BCUT2D eigenvalue weighted by Crippen LogP contribution is 2.31. The molecule has 0 radical (unpaired) electrons. The minimum atomic E-state index is -4.38. The molecule has 1 saturated heterocycles. The normalized spacial score (nSPS) is 14.9. The van der Waals surface area contributed by atoms with Crippen molar-refractivity contribution in [1.82, 2.24) is 35.0 Å². The van der Waals surface area contributed by atoms with Crippen LogP contribution in [0.4, 0.5) is 30.8 Å². The topological polar surface area (TPSA) is 106 Å². The minimum Gasteiger partial charge on any atom is -0.370 e. The van der Waals surface area contributed by atoms with E-state index in [1.807, 2.05) is 13.8 Å². The van der Waals surface area contributed by atoms with Crippen molar-refractivity contribution in [3.05, 3.63) is 24.3 Å². The number of piperazine rings is 1. The zero-order valence-corrected chi connectivity index (χ0v) is 18.4. The Kier molecular flexibility index (Phi) is 6.88. The molecule has 4 rings (SSSR count). The number of ether oxygens (including phenoxy) is 1. The molecule has 1 aliphatic heterocycles. The van der Waals surface area contributed by atoms with Crippen LogP contribution in [0, 0.1) is 0 Å². The lowest BCUT2D eigenvalue weighted by Crippen LogP contribution is -2.44. The van der Waals surface area contributed by atoms with Crippen molar-refractivity contribution in [2.45, 2.75) is 32.5 Å². The first-order valence-electron chi connectivity index (χ1n) is 10.7. The Morgan fingerprint density at radius 1 is 1.21 bits per heavy atom. The first-order chi connectivity index (χ1) is 15.8. The maximum Gasteiger partial charge on any atom is 0.411 e. The molecule has 33 heavy (non-hydrogen) atoms. The number of anilines is 3. The number of alkyl halides is 3. The van der Waals surface area contributed by atoms with Crippen molar-refractivity contribution in [1.29, 1.82) is 0 Å². The van der Waals surface area contributed by atoms with Gasteiger partial charge in [-0.2, -0.15) is 23.3 Å². The smallest absolute Gasteiger partial charge is 0.370 e. The van der Waals surface area contributed by atoms with E-state index in [2.05, 4.69) is 30.6 Å². The van der Waals surface area contributed by atoms with Gasteiger partial charge in [0.1, 0.15) is 29.8 Å². The summed E-state index contributed by atoms with van der Waals surface area (Å²) in [7, 11) is 0. The van der Waals surface area contributed by atoms with Gasteiger partial charge in [-0.3, -0.25) is 4.68 Å². The number of hydrogen-bond donors (Lipinski definition) is 2. The van der Waals surface area contributed by atoms with Crippen LogP contribution in [0.15, 0.2) is 18.6 Å². The van der Waals surface area contributed by atoms with Gasteiger partial charge in [0.2, 0.25) is 5.95 Å². The highest BCUT2D eigenvalue weighted by molar-refractivity contribution is 5.90.